The Morgan fingerprint density at radius 3 is 2.56 bits per heavy atom. The molecule has 1 atom stereocenters. The smallest absolute Gasteiger partial charge is 0.259 e. The number of hydrogen-bond donors (Lipinski definition) is 2. The molecule has 6 heteroatoms. The molecule has 1 aliphatic rings. The molecule has 0 aliphatic carbocycles. The maximum Gasteiger partial charge on any atom is 0.259 e. The summed E-state index contributed by atoms with van der Waals surface area (Å²) in [7, 11) is 0. The van der Waals surface area contributed by atoms with Gasteiger partial charge in [-0.2, -0.15) is 0 Å². The minimum absolute atomic E-state index is 0.215. The van der Waals surface area contributed by atoms with E-state index < -0.39 is 6.04 Å². The number of anilines is 1. The van der Waals surface area contributed by atoms with Crippen molar-refractivity contribution in [2.45, 2.75) is 13.0 Å². The highest BCUT2D eigenvalue weighted by molar-refractivity contribution is 6.11. The average Bonchev–Trinajstić information content (AvgIpc) is 3.13. The maximum atomic E-state index is 12.6. The van der Waals surface area contributed by atoms with Crippen LogP contribution in [-0.4, -0.2) is 32.7 Å². The lowest BCUT2D eigenvalue weighted by Crippen LogP contribution is -2.41. The Morgan fingerprint density at radius 2 is 1.84 bits per heavy atom. The van der Waals surface area contributed by atoms with Crippen LogP contribution in [0, 0.1) is 0 Å². The largest absolute Gasteiger partial charge is 0.324 e. The molecule has 124 valence electrons. The molecule has 2 aromatic carbocycles. The molecular weight excluding hydrogens is 316 g/mol. The van der Waals surface area contributed by atoms with Gasteiger partial charge in [-0.05, 0) is 25.1 Å². The van der Waals surface area contributed by atoms with Gasteiger partial charge in [0.25, 0.3) is 5.91 Å². The number of H-pyrrole nitrogens is 1. The molecule has 4 rings (SSSR count). The Kier molecular flexibility index (Phi) is 3.39. The molecule has 6 nitrogen and oxygen atoms in total. The van der Waals surface area contributed by atoms with E-state index in [0.29, 0.717) is 17.2 Å². The molecule has 3 aromatic rings. The fourth-order valence-electron chi connectivity index (χ4n) is 3.06. The van der Waals surface area contributed by atoms with Crippen molar-refractivity contribution in [1.82, 2.24) is 14.9 Å². The fraction of sp³-hybridized carbons (Fsp3) is 0.105. The van der Waals surface area contributed by atoms with Crippen LogP contribution in [0.1, 0.15) is 22.8 Å². The molecule has 0 spiro atoms. The van der Waals surface area contributed by atoms with Crippen LogP contribution < -0.4 is 5.32 Å². The number of carbonyl (C=O) groups excluding carboxylic acids is 2. The third-order valence-electron chi connectivity index (χ3n) is 4.38. The molecule has 2 heterocycles. The lowest BCUT2D eigenvalue weighted by atomic mass is 10.1. The average molecular weight is 332 g/mol. The van der Waals surface area contributed by atoms with Crippen molar-refractivity contribution in [2.75, 3.05) is 5.32 Å². The zero-order valence-corrected chi connectivity index (χ0v) is 13.6. The lowest BCUT2D eigenvalue weighted by molar-refractivity contribution is -0.119. The number of carbonyl (C=O) groups is 2. The molecule has 1 aromatic heterocycles. The van der Waals surface area contributed by atoms with Gasteiger partial charge in [0.05, 0.1) is 11.0 Å². The van der Waals surface area contributed by atoms with Gasteiger partial charge in [0.2, 0.25) is 11.9 Å². The van der Waals surface area contributed by atoms with Gasteiger partial charge in [-0.15, -0.1) is 0 Å². The number of nitrogens with zero attached hydrogens (tertiary/aromatic N) is 2. The Morgan fingerprint density at radius 1 is 1.16 bits per heavy atom. The Hall–Kier alpha value is -3.41. The number of amides is 2. The van der Waals surface area contributed by atoms with Crippen molar-refractivity contribution in [3.8, 4) is 0 Å². The Balaban J connectivity index is 1.56. The molecule has 2 N–H and O–H groups in total. The zero-order chi connectivity index (χ0) is 17.6. The van der Waals surface area contributed by atoms with E-state index >= 15 is 0 Å². The molecule has 0 saturated carbocycles. The molecule has 0 unspecified atom stereocenters. The number of imidazole rings is 1. The van der Waals surface area contributed by atoms with E-state index in [1.165, 1.54) is 4.90 Å². The maximum absolute atomic E-state index is 12.6. The summed E-state index contributed by atoms with van der Waals surface area (Å²) in [4.78, 5) is 34.0. The third kappa shape index (κ3) is 2.39. The number of benzene rings is 2. The van der Waals surface area contributed by atoms with E-state index in [4.69, 9.17) is 0 Å². The standard InChI is InChI=1S/C19H16N4O2/c1-11-13-7-3-4-8-14(13)18(25)23(11)12(2)17(24)22-19-20-15-9-5-6-10-16(15)21-19/h3-10,12H,1H2,2H3,(H2,20,21,22,24)/t12-/m0/s1. The summed E-state index contributed by atoms with van der Waals surface area (Å²) >= 11 is 0. The minimum atomic E-state index is -0.708. The number of aromatic nitrogens is 2. The molecule has 0 radical (unpaired) electrons. The van der Waals surface area contributed by atoms with Crippen molar-refractivity contribution in [3.63, 3.8) is 0 Å². The van der Waals surface area contributed by atoms with E-state index in [9.17, 15) is 9.59 Å². The summed E-state index contributed by atoms with van der Waals surface area (Å²) in [5, 5.41) is 2.74. The normalized spacial score (nSPS) is 14.7. The van der Waals surface area contributed by atoms with Crippen LogP contribution in [0.4, 0.5) is 5.95 Å². The van der Waals surface area contributed by atoms with E-state index in [-0.39, 0.29) is 11.8 Å². The quantitative estimate of drug-likeness (QED) is 0.774. The van der Waals surface area contributed by atoms with Gasteiger partial charge in [-0.1, -0.05) is 36.9 Å². The van der Waals surface area contributed by atoms with Crippen LogP contribution in [0.15, 0.2) is 55.1 Å². The van der Waals surface area contributed by atoms with Crippen molar-refractivity contribution in [2.24, 2.45) is 0 Å². The lowest BCUT2D eigenvalue weighted by Gasteiger charge is -2.24. The Labute approximate surface area is 144 Å². The number of hydrogen-bond acceptors (Lipinski definition) is 3. The van der Waals surface area contributed by atoms with Crippen LogP contribution in [0.25, 0.3) is 16.7 Å². The summed E-state index contributed by atoms with van der Waals surface area (Å²) in [5.41, 5.74) is 3.46. The predicted octanol–water partition coefficient (Wildman–Crippen LogP) is 3.02. The van der Waals surface area contributed by atoms with Gasteiger partial charge >= 0.3 is 0 Å². The van der Waals surface area contributed by atoms with E-state index in [2.05, 4.69) is 21.9 Å². The first-order valence-corrected chi connectivity index (χ1v) is 7.94. The third-order valence-corrected chi connectivity index (χ3v) is 4.38. The van der Waals surface area contributed by atoms with Gasteiger partial charge in [-0.25, -0.2) is 4.98 Å². The monoisotopic (exact) mass is 332 g/mol. The van der Waals surface area contributed by atoms with Crippen LogP contribution in [0.2, 0.25) is 0 Å². The van der Waals surface area contributed by atoms with Crippen LogP contribution >= 0.6 is 0 Å². The number of aromatic amines is 1. The number of nitrogens with one attached hydrogen (secondary N) is 2. The second-order valence-electron chi connectivity index (χ2n) is 5.94. The number of rotatable bonds is 3. The highest BCUT2D eigenvalue weighted by atomic mass is 16.2. The highest BCUT2D eigenvalue weighted by Crippen LogP contribution is 2.33. The van der Waals surface area contributed by atoms with Gasteiger partial charge in [-0.3, -0.25) is 19.8 Å². The molecule has 0 saturated heterocycles. The molecule has 25 heavy (non-hydrogen) atoms. The molecular formula is C19H16N4O2. The number of fused-ring (bicyclic) bond motifs is 2. The summed E-state index contributed by atoms with van der Waals surface area (Å²) in [6.07, 6.45) is 0. The fourth-order valence-corrected chi connectivity index (χ4v) is 3.06. The Bertz CT molecular complexity index is 953. The second kappa shape index (κ2) is 5.59. The van der Waals surface area contributed by atoms with Crippen LogP contribution in [0.3, 0.4) is 0 Å². The van der Waals surface area contributed by atoms with Crippen molar-refractivity contribution in [1.29, 1.82) is 0 Å². The van der Waals surface area contributed by atoms with E-state index in [1.807, 2.05) is 36.4 Å². The van der Waals surface area contributed by atoms with Crippen LogP contribution in [-0.2, 0) is 4.79 Å². The topological polar surface area (TPSA) is 78.1 Å². The molecule has 2 amide bonds. The summed E-state index contributed by atoms with van der Waals surface area (Å²) in [6, 6.07) is 14.0. The van der Waals surface area contributed by atoms with E-state index in [0.717, 1.165) is 16.6 Å². The van der Waals surface area contributed by atoms with Crippen molar-refractivity contribution in [3.05, 3.63) is 66.2 Å². The first-order chi connectivity index (χ1) is 12.1. The summed E-state index contributed by atoms with van der Waals surface area (Å²) in [6.45, 7) is 5.65. The zero-order valence-electron chi connectivity index (χ0n) is 13.6. The van der Waals surface area contributed by atoms with Crippen molar-refractivity contribution >= 4 is 34.5 Å². The summed E-state index contributed by atoms with van der Waals surface area (Å²) < 4.78 is 0. The van der Waals surface area contributed by atoms with Gasteiger partial charge in [0.15, 0.2) is 0 Å². The van der Waals surface area contributed by atoms with Gasteiger partial charge in [0, 0.05) is 16.8 Å². The minimum Gasteiger partial charge on any atom is -0.324 e. The van der Waals surface area contributed by atoms with Gasteiger partial charge in [0.1, 0.15) is 6.04 Å². The molecule has 0 fully saturated rings. The summed E-state index contributed by atoms with van der Waals surface area (Å²) in [5.74, 6) is -0.193. The molecule has 1 aliphatic heterocycles. The SMILES string of the molecule is C=C1c2ccccc2C(=O)N1[C@@H](C)C(=O)Nc1nc2ccccc2[nH]1. The predicted molar refractivity (Wildman–Crippen MR) is 95.8 cm³/mol. The highest BCUT2D eigenvalue weighted by Gasteiger charge is 2.36. The van der Waals surface area contributed by atoms with E-state index in [1.54, 1.807) is 19.1 Å². The number of para-hydroxylation sites is 2. The first-order valence-electron chi connectivity index (χ1n) is 7.94. The second-order valence-corrected chi connectivity index (χ2v) is 5.94. The van der Waals surface area contributed by atoms with Gasteiger partial charge < -0.3 is 4.98 Å². The first kappa shape index (κ1) is 15.1. The molecule has 0 bridgehead atoms. The van der Waals surface area contributed by atoms with Crippen molar-refractivity contribution < 1.29 is 9.59 Å². The van der Waals surface area contributed by atoms with Crippen LogP contribution in [0.5, 0.6) is 0 Å².